The molecule has 11 nitrogen and oxygen atoms in total. The van der Waals surface area contributed by atoms with Crippen molar-refractivity contribution < 1.29 is 35.4 Å². The van der Waals surface area contributed by atoms with Gasteiger partial charge in [-0.3, -0.25) is 4.79 Å². The number of nitrogens with two attached hydrogens (primary N) is 1. The average molecular weight is 1040 g/mol. The number of dihydropyridines is 1. The molecule has 0 spiro atoms. The molecule has 9 rings (SSSR count). The Hall–Kier alpha value is -5.59. The summed E-state index contributed by atoms with van der Waals surface area (Å²) in [5.41, 5.74) is 13.2. The van der Waals surface area contributed by atoms with Gasteiger partial charge >= 0.3 is 5.97 Å². The van der Waals surface area contributed by atoms with E-state index >= 15 is 0 Å². The van der Waals surface area contributed by atoms with E-state index in [4.69, 9.17) is 5.73 Å². The Morgan fingerprint density at radius 3 is 2.34 bits per heavy atom. The highest BCUT2D eigenvalue weighted by Crippen LogP contribution is 2.62. The van der Waals surface area contributed by atoms with Gasteiger partial charge < -0.3 is 52.0 Å². The maximum absolute atomic E-state index is 14.1. The number of benzene rings is 3. The number of hydrogen-bond donors (Lipinski definition) is 10. The first-order valence-electron chi connectivity index (χ1n) is 28.8. The second kappa shape index (κ2) is 24.4. The molecular formula is C65H86N4O7. The van der Waals surface area contributed by atoms with Gasteiger partial charge in [-0.05, 0) is 128 Å². The molecule has 0 saturated heterocycles. The van der Waals surface area contributed by atoms with E-state index in [2.05, 4.69) is 103 Å². The van der Waals surface area contributed by atoms with Crippen LogP contribution in [-0.2, 0) is 11.2 Å². The zero-order valence-corrected chi connectivity index (χ0v) is 45.4. The Labute approximate surface area is 451 Å². The number of phenolic OH excluding ortho intramolecular Hbond substituents is 2. The molecule has 76 heavy (non-hydrogen) atoms. The summed E-state index contributed by atoms with van der Waals surface area (Å²) in [4.78, 5) is 17.8. The summed E-state index contributed by atoms with van der Waals surface area (Å²) in [6, 6.07) is 24.0. The van der Waals surface area contributed by atoms with Crippen molar-refractivity contribution in [2.24, 2.45) is 59.0 Å². The first kappa shape index (κ1) is 55.2. The fraction of sp³-hybridized carbons (Fsp3) is 0.523. The van der Waals surface area contributed by atoms with Crippen molar-refractivity contribution in [3.63, 3.8) is 0 Å². The molecule has 0 amide bonds. The quantitative estimate of drug-likeness (QED) is 0.0300. The van der Waals surface area contributed by atoms with Crippen LogP contribution >= 0.6 is 0 Å². The van der Waals surface area contributed by atoms with Crippen LogP contribution in [0.25, 0.3) is 22.4 Å². The molecule has 2 saturated carbocycles. The number of H-pyrrole nitrogens is 1. The number of rotatable bonds is 20. The van der Waals surface area contributed by atoms with Crippen LogP contribution in [-0.4, -0.2) is 79.5 Å². The molecule has 408 valence electrons. The fourth-order valence-corrected chi connectivity index (χ4v) is 14.7. The van der Waals surface area contributed by atoms with E-state index in [0.29, 0.717) is 80.4 Å². The third kappa shape index (κ3) is 11.8. The number of fused-ring (bicyclic) bond motifs is 1. The largest absolute Gasteiger partial charge is 0.508 e. The second-order valence-electron chi connectivity index (χ2n) is 23.7. The van der Waals surface area contributed by atoms with Gasteiger partial charge in [-0.25, -0.2) is 0 Å². The van der Waals surface area contributed by atoms with Crippen LogP contribution < -0.4 is 16.4 Å². The number of allylic oxidation sites excluding steroid dienone is 3. The van der Waals surface area contributed by atoms with Crippen LogP contribution in [0.15, 0.2) is 121 Å². The Kier molecular flexibility index (Phi) is 17.7. The topological polar surface area (TPSA) is 204 Å². The first-order chi connectivity index (χ1) is 36.7. The van der Waals surface area contributed by atoms with Crippen LogP contribution in [0.1, 0.15) is 138 Å². The van der Waals surface area contributed by atoms with Crippen LogP contribution in [0, 0.1) is 53.3 Å². The van der Waals surface area contributed by atoms with Crippen LogP contribution in [0.3, 0.4) is 0 Å². The minimum absolute atomic E-state index is 0.00819. The highest BCUT2D eigenvalue weighted by Gasteiger charge is 2.63. The lowest BCUT2D eigenvalue weighted by atomic mass is 9.57. The molecule has 4 aliphatic carbocycles. The second-order valence-corrected chi connectivity index (χ2v) is 23.7. The molecule has 3 aromatic carbocycles. The number of aromatic amines is 1. The predicted molar refractivity (Wildman–Crippen MR) is 303 cm³/mol. The van der Waals surface area contributed by atoms with E-state index in [9.17, 15) is 35.4 Å². The summed E-state index contributed by atoms with van der Waals surface area (Å²) in [6.07, 6.45) is 22.5. The molecule has 13 atom stereocenters. The smallest absolute Gasteiger partial charge is 0.309 e. The molecule has 4 aromatic rings. The van der Waals surface area contributed by atoms with E-state index < -0.39 is 35.4 Å². The normalized spacial score (nSPS) is 30.2. The summed E-state index contributed by atoms with van der Waals surface area (Å²) in [5, 5.41) is 79.0. The molecule has 11 N–H and O–H groups in total. The first-order valence-corrected chi connectivity index (χ1v) is 28.8. The molecule has 0 unspecified atom stereocenters. The summed E-state index contributed by atoms with van der Waals surface area (Å²) in [6.45, 7) is 7.54. The Morgan fingerprint density at radius 1 is 0.868 bits per heavy atom. The number of unbranched alkanes of at least 4 members (excludes halogenated alkanes) is 3. The number of aromatic nitrogens is 1. The lowest BCUT2D eigenvalue weighted by Crippen LogP contribution is -2.59. The van der Waals surface area contributed by atoms with E-state index in [0.717, 1.165) is 65.8 Å². The third-order valence-electron chi connectivity index (χ3n) is 18.7. The van der Waals surface area contributed by atoms with Crippen LogP contribution in [0.4, 0.5) is 0 Å². The van der Waals surface area contributed by atoms with Gasteiger partial charge in [-0.1, -0.05) is 138 Å². The van der Waals surface area contributed by atoms with Crippen molar-refractivity contribution in [3.05, 3.63) is 143 Å². The number of aliphatic carboxylic acids is 1. The number of phenols is 2. The molecule has 2 heterocycles. The number of hydrogen-bond acceptors (Lipinski definition) is 9. The zero-order valence-electron chi connectivity index (χ0n) is 45.4. The van der Waals surface area contributed by atoms with E-state index in [1.165, 1.54) is 30.9 Å². The van der Waals surface area contributed by atoms with Crippen molar-refractivity contribution >= 4 is 5.97 Å². The van der Waals surface area contributed by atoms with E-state index in [1.807, 2.05) is 37.4 Å². The maximum atomic E-state index is 14.1. The molecule has 1 aliphatic heterocycles. The fourth-order valence-electron chi connectivity index (χ4n) is 14.7. The van der Waals surface area contributed by atoms with Gasteiger partial charge in [0.1, 0.15) is 11.5 Å². The summed E-state index contributed by atoms with van der Waals surface area (Å²) >= 11 is 0. The molecule has 0 radical (unpaired) electrons. The minimum atomic E-state index is -1.35. The lowest BCUT2D eigenvalue weighted by molar-refractivity contribution is -0.159. The molecule has 11 heteroatoms. The molecule has 2 fully saturated rings. The number of aliphatic hydroxyl groups excluding tert-OH is 2. The monoisotopic (exact) mass is 1030 g/mol. The highest BCUT2D eigenvalue weighted by molar-refractivity contribution is 5.85. The Bertz CT molecular complexity index is 2730. The summed E-state index contributed by atoms with van der Waals surface area (Å²) in [7, 11) is 1.87. The van der Waals surface area contributed by atoms with Gasteiger partial charge in [0.2, 0.25) is 0 Å². The van der Waals surface area contributed by atoms with Crippen molar-refractivity contribution in [1.29, 1.82) is 0 Å². The maximum Gasteiger partial charge on any atom is 0.309 e. The summed E-state index contributed by atoms with van der Waals surface area (Å²) in [5.74, 6) is -3.12. The van der Waals surface area contributed by atoms with Gasteiger partial charge in [0.05, 0.1) is 35.2 Å². The Balaban J connectivity index is 1.13. The minimum Gasteiger partial charge on any atom is -0.508 e. The molecule has 5 aliphatic rings. The number of carboxylic acid groups (broad SMARTS) is 1. The van der Waals surface area contributed by atoms with Crippen molar-refractivity contribution in [2.45, 2.75) is 140 Å². The molecule has 1 aromatic heterocycles. The number of aliphatic hydroxyl groups is 3. The standard InChI is InChI=1S/C65H86N4O7/c1-5-6-8-13-40-20-23-45(58(71)32-40)16-11-12-17-46-24-25-49(55-34-47(30-42-28-29-68-60(66)33-42)54-27-26-50(63(73)61(46)64(74)75)56(38-67-4)65(54,55)76)57-37-51(44-14-9-7-10-15-44)62(69-57)53-35-48(70)36-59(72)52(53)31-41-18-21-43(22-19-41)39(2)3/h7,9-10,14-15,18-23,26-28,33,35-37,39-40,45-47,49-50,54-56,58,61,63,67-73,76H,5-6,8,11-13,16-17,24-25,29-32,34,38,66H2,1-4H3,(H,74,75)/t40-,45-,46-,47-,49-,50-,54+,55+,56+,58-,61-,63-,65+/m1/s1. The molecule has 2 bridgehead atoms. The van der Waals surface area contributed by atoms with Gasteiger partial charge in [0.25, 0.3) is 0 Å². The average Bonchev–Trinajstić information content (AvgIpc) is 3.98. The van der Waals surface area contributed by atoms with Crippen molar-refractivity contribution in [3.8, 4) is 33.9 Å². The number of carbonyl (C=O) groups is 1. The van der Waals surface area contributed by atoms with Crippen LogP contribution in [0.2, 0.25) is 0 Å². The van der Waals surface area contributed by atoms with Gasteiger partial charge in [-0.15, -0.1) is 0 Å². The number of aromatic hydroxyl groups is 2. The van der Waals surface area contributed by atoms with Gasteiger partial charge in [0.15, 0.2) is 0 Å². The van der Waals surface area contributed by atoms with Gasteiger partial charge in [-0.2, -0.15) is 0 Å². The zero-order chi connectivity index (χ0) is 53.7. The van der Waals surface area contributed by atoms with Crippen molar-refractivity contribution in [1.82, 2.24) is 15.6 Å². The van der Waals surface area contributed by atoms with Crippen molar-refractivity contribution in [2.75, 3.05) is 20.1 Å². The van der Waals surface area contributed by atoms with E-state index in [1.54, 1.807) is 6.07 Å². The van der Waals surface area contributed by atoms with Crippen LogP contribution in [0.5, 0.6) is 11.5 Å². The Morgan fingerprint density at radius 2 is 1.63 bits per heavy atom. The number of nitrogens with one attached hydrogen (secondary N) is 3. The number of carboxylic acids is 1. The summed E-state index contributed by atoms with van der Waals surface area (Å²) < 4.78 is 0. The molecular weight excluding hydrogens is 949 g/mol. The van der Waals surface area contributed by atoms with Gasteiger partial charge in [0, 0.05) is 77.6 Å². The third-order valence-corrected chi connectivity index (χ3v) is 18.7. The predicted octanol–water partition coefficient (Wildman–Crippen LogP) is 11.4. The van der Waals surface area contributed by atoms with E-state index in [-0.39, 0.29) is 53.1 Å². The highest BCUT2D eigenvalue weighted by atomic mass is 16.4. The lowest BCUT2D eigenvalue weighted by Gasteiger charge is -2.52. The SMILES string of the molecule is CCCCC[C@@H]1C=C[C@@H](CCCC[C@@H]2CC[C@@H](c3cc(-c4ccccc4)c(-c4cc(O)cc(O)c4Cc4ccc(C(C)C)cc4)[nH]3)[C@@H]3C[C@@H](CC4=CCNC(N)=C4)[C@@H]4C=C[C@@H]([C@@H](O)[C@@H]2C(=O)O)[C@H](CNC)[C@]43O)[C@H](O)C1.